The summed E-state index contributed by atoms with van der Waals surface area (Å²) in [5, 5.41) is 0. The number of hydrogen-bond acceptors (Lipinski definition) is 2. The summed E-state index contributed by atoms with van der Waals surface area (Å²) in [6.45, 7) is 0. The predicted octanol–water partition coefficient (Wildman–Crippen LogP) is 4.44. The SMILES string of the molecule is COc1cccc(-n2c(=S)[nH]c3cc(I)c(F)cc32)c1. The Morgan fingerprint density at radius 1 is 1.30 bits per heavy atom. The zero-order chi connectivity index (χ0) is 14.3. The number of ether oxygens (including phenoxy) is 1. The first-order chi connectivity index (χ1) is 9.60. The van der Waals surface area contributed by atoms with Gasteiger partial charge in [-0.2, -0.15) is 0 Å². The molecule has 0 saturated heterocycles. The van der Waals surface area contributed by atoms with Crippen LogP contribution in [0.3, 0.4) is 0 Å². The van der Waals surface area contributed by atoms with E-state index in [1.807, 2.05) is 46.9 Å². The molecule has 3 nitrogen and oxygen atoms in total. The van der Waals surface area contributed by atoms with Gasteiger partial charge in [-0.15, -0.1) is 0 Å². The minimum Gasteiger partial charge on any atom is -0.497 e. The molecule has 0 aliphatic heterocycles. The molecule has 0 aliphatic carbocycles. The van der Waals surface area contributed by atoms with Crippen LogP contribution in [0, 0.1) is 14.2 Å². The van der Waals surface area contributed by atoms with Crippen molar-refractivity contribution in [3.8, 4) is 11.4 Å². The lowest BCUT2D eigenvalue weighted by Crippen LogP contribution is -1.95. The van der Waals surface area contributed by atoms with Gasteiger partial charge in [0.1, 0.15) is 11.6 Å². The molecule has 1 aromatic heterocycles. The second-order valence-electron chi connectivity index (χ2n) is 4.25. The predicted molar refractivity (Wildman–Crippen MR) is 87.7 cm³/mol. The molecule has 1 heterocycles. The van der Waals surface area contributed by atoms with Crippen molar-refractivity contribution >= 4 is 45.8 Å². The average molecular weight is 400 g/mol. The molecule has 3 aromatic rings. The number of aromatic nitrogens is 2. The fraction of sp³-hybridized carbons (Fsp3) is 0.0714. The van der Waals surface area contributed by atoms with Crippen LogP contribution in [-0.4, -0.2) is 16.7 Å². The van der Waals surface area contributed by atoms with Crippen molar-refractivity contribution in [1.82, 2.24) is 9.55 Å². The highest BCUT2D eigenvalue weighted by atomic mass is 127. The van der Waals surface area contributed by atoms with Crippen LogP contribution in [0.25, 0.3) is 16.7 Å². The Balaban J connectivity index is 2.32. The molecule has 0 bridgehead atoms. The van der Waals surface area contributed by atoms with E-state index in [-0.39, 0.29) is 5.82 Å². The van der Waals surface area contributed by atoms with E-state index in [1.165, 1.54) is 6.07 Å². The second kappa shape index (κ2) is 5.17. The molecular formula is C14H10FIN2OS. The van der Waals surface area contributed by atoms with E-state index in [0.29, 0.717) is 13.9 Å². The van der Waals surface area contributed by atoms with Gasteiger partial charge in [-0.05, 0) is 53.0 Å². The van der Waals surface area contributed by atoms with E-state index in [9.17, 15) is 4.39 Å². The normalized spacial score (nSPS) is 10.9. The molecule has 2 aromatic carbocycles. The van der Waals surface area contributed by atoms with Crippen LogP contribution in [0.2, 0.25) is 0 Å². The number of nitrogens with zero attached hydrogens (tertiary/aromatic N) is 1. The zero-order valence-electron chi connectivity index (χ0n) is 10.5. The van der Waals surface area contributed by atoms with Crippen molar-refractivity contribution in [2.75, 3.05) is 7.11 Å². The molecule has 0 saturated carbocycles. The van der Waals surface area contributed by atoms with E-state index in [2.05, 4.69) is 4.98 Å². The van der Waals surface area contributed by atoms with Gasteiger partial charge in [-0.3, -0.25) is 4.57 Å². The number of imidazole rings is 1. The van der Waals surface area contributed by atoms with E-state index in [1.54, 1.807) is 17.7 Å². The molecule has 0 spiro atoms. The average Bonchev–Trinajstić information content (AvgIpc) is 2.74. The van der Waals surface area contributed by atoms with Crippen LogP contribution >= 0.6 is 34.8 Å². The van der Waals surface area contributed by atoms with Crippen molar-refractivity contribution in [2.24, 2.45) is 0 Å². The van der Waals surface area contributed by atoms with Crippen LogP contribution in [-0.2, 0) is 0 Å². The summed E-state index contributed by atoms with van der Waals surface area (Å²) in [7, 11) is 1.61. The Kier molecular flexibility index (Phi) is 3.51. The van der Waals surface area contributed by atoms with Crippen LogP contribution in [0.5, 0.6) is 5.75 Å². The molecule has 102 valence electrons. The van der Waals surface area contributed by atoms with E-state index in [0.717, 1.165) is 17.0 Å². The molecule has 0 aliphatic rings. The largest absolute Gasteiger partial charge is 0.497 e. The third kappa shape index (κ3) is 2.22. The molecule has 1 N–H and O–H groups in total. The number of fused-ring (bicyclic) bond motifs is 1. The van der Waals surface area contributed by atoms with Gasteiger partial charge < -0.3 is 9.72 Å². The number of H-pyrrole nitrogens is 1. The second-order valence-corrected chi connectivity index (χ2v) is 5.80. The maximum absolute atomic E-state index is 13.8. The summed E-state index contributed by atoms with van der Waals surface area (Å²) in [5.74, 6) is 0.466. The van der Waals surface area contributed by atoms with Gasteiger partial charge in [-0.1, -0.05) is 6.07 Å². The first-order valence-corrected chi connectivity index (χ1v) is 7.33. The maximum Gasteiger partial charge on any atom is 0.182 e. The Morgan fingerprint density at radius 2 is 2.10 bits per heavy atom. The highest BCUT2D eigenvalue weighted by molar-refractivity contribution is 14.1. The van der Waals surface area contributed by atoms with Crippen LogP contribution in [0.15, 0.2) is 36.4 Å². The number of benzene rings is 2. The third-order valence-corrected chi connectivity index (χ3v) is 4.15. The molecule has 0 fully saturated rings. The number of aromatic amines is 1. The van der Waals surface area contributed by atoms with Crippen molar-refractivity contribution in [3.63, 3.8) is 0 Å². The minimum atomic E-state index is -0.260. The molecule has 0 atom stereocenters. The first-order valence-electron chi connectivity index (χ1n) is 5.84. The highest BCUT2D eigenvalue weighted by Crippen LogP contribution is 2.25. The molecule has 0 unspecified atom stereocenters. The smallest absolute Gasteiger partial charge is 0.182 e. The van der Waals surface area contributed by atoms with Gasteiger partial charge in [0.05, 0.1) is 27.4 Å². The van der Waals surface area contributed by atoms with Crippen molar-refractivity contribution in [2.45, 2.75) is 0 Å². The summed E-state index contributed by atoms with van der Waals surface area (Å²) < 4.78 is 21.9. The van der Waals surface area contributed by atoms with Gasteiger partial charge in [0.15, 0.2) is 4.77 Å². The van der Waals surface area contributed by atoms with Crippen molar-refractivity contribution in [3.05, 3.63) is 50.6 Å². The summed E-state index contributed by atoms with van der Waals surface area (Å²) in [4.78, 5) is 3.10. The molecule has 0 radical (unpaired) electrons. The molecule has 3 rings (SSSR count). The Bertz CT molecular complexity index is 856. The summed E-state index contributed by atoms with van der Waals surface area (Å²) in [6, 6.07) is 10.7. The van der Waals surface area contributed by atoms with Gasteiger partial charge in [0.2, 0.25) is 0 Å². The molecule has 20 heavy (non-hydrogen) atoms. The van der Waals surface area contributed by atoms with E-state index >= 15 is 0 Å². The third-order valence-electron chi connectivity index (χ3n) is 3.04. The number of hydrogen-bond donors (Lipinski definition) is 1. The zero-order valence-corrected chi connectivity index (χ0v) is 13.5. The lowest BCUT2D eigenvalue weighted by atomic mass is 10.2. The topological polar surface area (TPSA) is 29.9 Å². The van der Waals surface area contributed by atoms with E-state index < -0.39 is 0 Å². The van der Waals surface area contributed by atoms with Crippen molar-refractivity contribution in [1.29, 1.82) is 0 Å². The monoisotopic (exact) mass is 400 g/mol. The Labute approximate surface area is 133 Å². The van der Waals surface area contributed by atoms with Gasteiger partial charge in [0.25, 0.3) is 0 Å². The fourth-order valence-electron chi connectivity index (χ4n) is 2.11. The number of nitrogens with one attached hydrogen (secondary N) is 1. The Morgan fingerprint density at radius 3 is 2.85 bits per heavy atom. The first kappa shape index (κ1) is 13.6. The number of rotatable bonds is 2. The standard InChI is InChI=1S/C14H10FIN2OS/c1-19-9-4-2-3-8(5-9)18-13-6-10(15)11(16)7-12(13)17-14(18)20/h2-7H,1H3,(H,17,20). The Hall–Kier alpha value is -1.41. The molecule has 0 amide bonds. The summed E-state index contributed by atoms with van der Waals surface area (Å²) in [5.41, 5.74) is 2.35. The fourth-order valence-corrected chi connectivity index (χ4v) is 2.89. The lowest BCUT2D eigenvalue weighted by molar-refractivity contribution is 0.414. The quantitative estimate of drug-likeness (QED) is 0.509. The van der Waals surface area contributed by atoms with Crippen molar-refractivity contribution < 1.29 is 9.13 Å². The van der Waals surface area contributed by atoms with Gasteiger partial charge in [-0.25, -0.2) is 4.39 Å². The highest BCUT2D eigenvalue weighted by Gasteiger charge is 2.10. The van der Waals surface area contributed by atoms with Gasteiger partial charge in [0, 0.05) is 12.1 Å². The lowest BCUT2D eigenvalue weighted by Gasteiger charge is -2.07. The van der Waals surface area contributed by atoms with Crippen LogP contribution in [0.4, 0.5) is 4.39 Å². The number of halogens is 2. The van der Waals surface area contributed by atoms with Gasteiger partial charge >= 0.3 is 0 Å². The van der Waals surface area contributed by atoms with Crippen LogP contribution < -0.4 is 4.74 Å². The maximum atomic E-state index is 13.8. The minimum absolute atomic E-state index is 0.260. The molecule has 6 heteroatoms. The number of methoxy groups -OCH3 is 1. The van der Waals surface area contributed by atoms with E-state index in [4.69, 9.17) is 17.0 Å². The van der Waals surface area contributed by atoms with Crippen LogP contribution in [0.1, 0.15) is 0 Å². The summed E-state index contributed by atoms with van der Waals surface area (Å²) in [6.07, 6.45) is 0. The molecular weight excluding hydrogens is 390 g/mol. The summed E-state index contributed by atoms with van der Waals surface area (Å²) >= 11 is 7.30.